The summed E-state index contributed by atoms with van der Waals surface area (Å²) in [5, 5.41) is 2.75. The first-order chi connectivity index (χ1) is 12.4. The van der Waals surface area contributed by atoms with Crippen molar-refractivity contribution in [2.75, 3.05) is 19.6 Å². The van der Waals surface area contributed by atoms with Crippen LogP contribution in [0.5, 0.6) is 0 Å². The number of rotatable bonds is 5. The molecule has 2 saturated heterocycles. The maximum atomic E-state index is 12.7. The summed E-state index contributed by atoms with van der Waals surface area (Å²) in [6.45, 7) is 4.41. The van der Waals surface area contributed by atoms with Crippen molar-refractivity contribution in [2.45, 2.75) is 44.2 Å². The average Bonchev–Trinajstić information content (AvgIpc) is 3.15. The number of amides is 4. The number of likely N-dealkylation sites (tertiary alicyclic amines) is 1. The summed E-state index contributed by atoms with van der Waals surface area (Å²) < 4.78 is 0. The molecule has 0 aromatic heterocycles. The van der Waals surface area contributed by atoms with Gasteiger partial charge in [0.25, 0.3) is 5.91 Å². The van der Waals surface area contributed by atoms with Gasteiger partial charge in [-0.25, -0.2) is 4.79 Å². The van der Waals surface area contributed by atoms with Gasteiger partial charge in [0.05, 0.1) is 0 Å². The van der Waals surface area contributed by atoms with Gasteiger partial charge in [0.1, 0.15) is 12.1 Å². The van der Waals surface area contributed by atoms with E-state index in [0.717, 1.165) is 10.5 Å². The van der Waals surface area contributed by atoms with E-state index in [-0.39, 0.29) is 30.3 Å². The van der Waals surface area contributed by atoms with Crippen molar-refractivity contribution >= 4 is 17.8 Å². The molecule has 7 nitrogen and oxygen atoms in total. The number of nitrogens with zero attached hydrogens (tertiary/aromatic N) is 2. The van der Waals surface area contributed by atoms with Gasteiger partial charge in [-0.15, -0.1) is 0 Å². The summed E-state index contributed by atoms with van der Waals surface area (Å²) in [4.78, 5) is 40.3. The number of benzene rings is 1. The smallest absolute Gasteiger partial charge is 0.325 e. The van der Waals surface area contributed by atoms with E-state index in [1.165, 1.54) is 0 Å². The Morgan fingerprint density at radius 3 is 2.42 bits per heavy atom. The summed E-state index contributed by atoms with van der Waals surface area (Å²) in [5.41, 5.74) is 6.45. The van der Waals surface area contributed by atoms with Crippen LogP contribution < -0.4 is 11.1 Å². The third-order valence-corrected chi connectivity index (χ3v) is 5.69. The van der Waals surface area contributed by atoms with Crippen molar-refractivity contribution in [1.82, 2.24) is 15.1 Å². The lowest BCUT2D eigenvalue weighted by atomic mass is 9.93. The van der Waals surface area contributed by atoms with Crippen LogP contribution in [0, 0.1) is 0 Å². The van der Waals surface area contributed by atoms with Crippen LogP contribution in [0.15, 0.2) is 30.3 Å². The molecule has 0 saturated carbocycles. The number of urea groups is 1. The van der Waals surface area contributed by atoms with Gasteiger partial charge < -0.3 is 16.0 Å². The highest BCUT2D eigenvalue weighted by molar-refractivity contribution is 6.09. The third-order valence-electron chi connectivity index (χ3n) is 5.69. The third kappa shape index (κ3) is 3.07. The molecule has 0 unspecified atom stereocenters. The zero-order valence-electron chi connectivity index (χ0n) is 15.3. The average molecular weight is 358 g/mol. The Hall–Kier alpha value is -2.41. The molecule has 2 atom stereocenters. The van der Waals surface area contributed by atoms with Crippen molar-refractivity contribution in [3.05, 3.63) is 35.9 Å². The molecular formula is C19H26N4O3. The number of nitrogens with two attached hydrogens (primary N) is 1. The lowest BCUT2D eigenvalue weighted by Crippen LogP contribution is -2.47. The fourth-order valence-corrected chi connectivity index (χ4v) is 3.87. The lowest BCUT2D eigenvalue weighted by Gasteiger charge is -2.24. The predicted molar refractivity (Wildman–Crippen MR) is 97.3 cm³/mol. The minimum atomic E-state index is -0.884. The first kappa shape index (κ1) is 18.4. The molecule has 7 heteroatoms. The van der Waals surface area contributed by atoms with E-state index in [4.69, 9.17) is 5.73 Å². The molecule has 2 fully saturated rings. The largest absolute Gasteiger partial charge is 0.339 e. The van der Waals surface area contributed by atoms with Crippen molar-refractivity contribution in [1.29, 1.82) is 0 Å². The van der Waals surface area contributed by atoms with E-state index >= 15 is 0 Å². The molecule has 1 aromatic rings. The van der Waals surface area contributed by atoms with Crippen LogP contribution in [0.3, 0.4) is 0 Å². The van der Waals surface area contributed by atoms with Crippen LogP contribution in [-0.2, 0) is 9.59 Å². The maximum absolute atomic E-state index is 12.7. The topological polar surface area (TPSA) is 95.7 Å². The molecule has 2 aliphatic heterocycles. The Kier molecular flexibility index (Phi) is 5.00. The highest BCUT2D eigenvalue weighted by Gasteiger charge is 2.49. The SMILES string of the molecule is CCC1(CC)NC(=O)N(CC(=O)N2C[C@@H](N)[C@H](c3ccccc3)C2)C1=O. The van der Waals surface area contributed by atoms with Crippen LogP contribution in [0.2, 0.25) is 0 Å². The fraction of sp³-hybridized carbons (Fsp3) is 0.526. The van der Waals surface area contributed by atoms with Crippen molar-refractivity contribution < 1.29 is 14.4 Å². The molecule has 3 rings (SSSR count). The molecule has 4 amide bonds. The van der Waals surface area contributed by atoms with Crippen LogP contribution in [0.1, 0.15) is 38.2 Å². The molecule has 2 aliphatic rings. The monoisotopic (exact) mass is 358 g/mol. The highest BCUT2D eigenvalue weighted by atomic mass is 16.2. The first-order valence-corrected chi connectivity index (χ1v) is 9.14. The Bertz CT molecular complexity index is 702. The molecule has 0 spiro atoms. The van der Waals surface area contributed by atoms with Crippen LogP contribution in [0.4, 0.5) is 4.79 Å². The number of carbonyl (C=O) groups is 3. The molecule has 0 radical (unpaired) electrons. The quantitative estimate of drug-likeness (QED) is 0.769. The Labute approximate surface area is 153 Å². The molecule has 2 heterocycles. The van der Waals surface area contributed by atoms with E-state index in [1.54, 1.807) is 4.90 Å². The van der Waals surface area contributed by atoms with Crippen molar-refractivity contribution in [3.8, 4) is 0 Å². The van der Waals surface area contributed by atoms with Gasteiger partial charge in [0, 0.05) is 25.0 Å². The Balaban J connectivity index is 1.68. The minimum Gasteiger partial charge on any atom is -0.339 e. The fourth-order valence-electron chi connectivity index (χ4n) is 3.87. The molecule has 140 valence electrons. The lowest BCUT2D eigenvalue weighted by molar-refractivity contribution is -0.138. The molecule has 26 heavy (non-hydrogen) atoms. The number of nitrogens with one attached hydrogen (secondary N) is 1. The van der Waals surface area contributed by atoms with Gasteiger partial charge in [0.2, 0.25) is 5.91 Å². The van der Waals surface area contributed by atoms with Gasteiger partial charge in [-0.05, 0) is 18.4 Å². The maximum Gasteiger partial charge on any atom is 0.325 e. The second kappa shape index (κ2) is 7.07. The standard InChI is InChI=1S/C19H26N4O3/c1-3-19(4-2)17(25)23(18(26)21-19)12-16(24)22-10-14(15(20)11-22)13-8-6-5-7-9-13/h5-9,14-15H,3-4,10-12,20H2,1-2H3,(H,21,26)/t14-,15+/m0/s1. The van der Waals surface area contributed by atoms with E-state index < -0.39 is 11.6 Å². The summed E-state index contributed by atoms with van der Waals surface area (Å²) in [6, 6.07) is 9.21. The Morgan fingerprint density at radius 2 is 1.85 bits per heavy atom. The molecule has 1 aromatic carbocycles. The van der Waals surface area contributed by atoms with Gasteiger partial charge >= 0.3 is 6.03 Å². The minimum absolute atomic E-state index is 0.0635. The summed E-state index contributed by atoms with van der Waals surface area (Å²) in [7, 11) is 0. The van der Waals surface area contributed by atoms with Crippen molar-refractivity contribution in [2.24, 2.45) is 5.73 Å². The molecular weight excluding hydrogens is 332 g/mol. The summed E-state index contributed by atoms with van der Waals surface area (Å²) in [5.74, 6) is -0.497. The predicted octanol–water partition coefficient (Wildman–Crippen LogP) is 1.05. The van der Waals surface area contributed by atoms with E-state index in [0.29, 0.717) is 25.9 Å². The Morgan fingerprint density at radius 1 is 1.19 bits per heavy atom. The second-order valence-electron chi connectivity index (χ2n) is 7.09. The number of imide groups is 1. The number of hydrogen-bond donors (Lipinski definition) is 2. The van der Waals surface area contributed by atoms with Crippen LogP contribution >= 0.6 is 0 Å². The van der Waals surface area contributed by atoms with Gasteiger partial charge in [0.15, 0.2) is 0 Å². The van der Waals surface area contributed by atoms with Crippen LogP contribution in [-0.4, -0.2) is 58.9 Å². The summed E-state index contributed by atoms with van der Waals surface area (Å²) >= 11 is 0. The zero-order valence-corrected chi connectivity index (χ0v) is 15.3. The molecule has 0 aliphatic carbocycles. The zero-order chi connectivity index (χ0) is 18.9. The highest BCUT2D eigenvalue weighted by Crippen LogP contribution is 2.28. The van der Waals surface area contributed by atoms with E-state index in [2.05, 4.69) is 5.32 Å². The van der Waals surface area contributed by atoms with Gasteiger partial charge in [-0.3, -0.25) is 14.5 Å². The first-order valence-electron chi connectivity index (χ1n) is 9.14. The van der Waals surface area contributed by atoms with Gasteiger partial charge in [-0.1, -0.05) is 44.2 Å². The normalized spacial score (nSPS) is 24.9. The van der Waals surface area contributed by atoms with E-state index in [1.807, 2.05) is 44.2 Å². The van der Waals surface area contributed by atoms with Gasteiger partial charge in [-0.2, -0.15) is 0 Å². The number of carbonyl (C=O) groups excluding carboxylic acids is 3. The summed E-state index contributed by atoms with van der Waals surface area (Å²) in [6.07, 6.45) is 1.01. The van der Waals surface area contributed by atoms with Crippen molar-refractivity contribution in [3.63, 3.8) is 0 Å². The second-order valence-corrected chi connectivity index (χ2v) is 7.09. The number of hydrogen-bond acceptors (Lipinski definition) is 4. The molecule has 0 bridgehead atoms. The molecule has 3 N–H and O–H groups in total. The van der Waals surface area contributed by atoms with E-state index in [9.17, 15) is 14.4 Å². The van der Waals surface area contributed by atoms with Crippen LogP contribution in [0.25, 0.3) is 0 Å².